The van der Waals surface area contributed by atoms with Crippen molar-refractivity contribution in [3.63, 3.8) is 0 Å². The largest absolute Gasteiger partial charge is 0.480 e. The number of imide groups is 1. The average Bonchev–Trinajstić information content (AvgIpc) is 3.30. The Labute approximate surface area is 140 Å². The number of halogens is 1. The minimum atomic E-state index is -1.11. The van der Waals surface area contributed by atoms with Crippen LogP contribution in [-0.4, -0.2) is 57.7 Å². The van der Waals surface area contributed by atoms with Crippen LogP contribution < -0.4 is 0 Å². The van der Waals surface area contributed by atoms with Crippen molar-refractivity contribution in [3.05, 3.63) is 33.8 Å². The summed E-state index contributed by atoms with van der Waals surface area (Å²) < 4.78 is 0.663. The molecule has 1 heterocycles. The van der Waals surface area contributed by atoms with Crippen molar-refractivity contribution >= 4 is 39.6 Å². The van der Waals surface area contributed by atoms with Gasteiger partial charge in [0.1, 0.15) is 13.1 Å². The minimum Gasteiger partial charge on any atom is -0.480 e. The molecule has 1 aliphatic carbocycles. The molecule has 1 aromatic carbocycles. The molecule has 1 N–H and O–H groups in total. The number of rotatable bonds is 5. The average molecular weight is 381 g/mol. The lowest BCUT2D eigenvalue weighted by molar-refractivity contribution is -0.144. The lowest BCUT2D eigenvalue weighted by Crippen LogP contribution is -2.45. The highest BCUT2D eigenvalue weighted by Gasteiger charge is 2.40. The summed E-state index contributed by atoms with van der Waals surface area (Å²) in [4.78, 5) is 49.9. The summed E-state index contributed by atoms with van der Waals surface area (Å²) in [5.74, 6) is -2.71. The molecule has 1 fully saturated rings. The van der Waals surface area contributed by atoms with Crippen molar-refractivity contribution in [3.8, 4) is 0 Å². The van der Waals surface area contributed by atoms with Crippen molar-refractivity contribution in [1.29, 1.82) is 0 Å². The number of hydrogen-bond donors (Lipinski definition) is 1. The maximum absolute atomic E-state index is 12.3. The van der Waals surface area contributed by atoms with Crippen molar-refractivity contribution in [1.82, 2.24) is 9.80 Å². The van der Waals surface area contributed by atoms with Crippen LogP contribution in [0.5, 0.6) is 0 Å². The highest BCUT2D eigenvalue weighted by Crippen LogP contribution is 2.29. The Bertz CT molecular complexity index is 729. The molecule has 3 amide bonds. The number of fused-ring (bicyclic) bond motifs is 1. The van der Waals surface area contributed by atoms with Crippen molar-refractivity contribution in [2.75, 3.05) is 13.1 Å². The van der Waals surface area contributed by atoms with Gasteiger partial charge in [-0.05, 0) is 31.0 Å². The second kappa shape index (κ2) is 5.77. The lowest BCUT2D eigenvalue weighted by atomic mass is 10.1. The van der Waals surface area contributed by atoms with Gasteiger partial charge in [0.25, 0.3) is 11.8 Å². The van der Waals surface area contributed by atoms with Gasteiger partial charge in [0.15, 0.2) is 0 Å². The van der Waals surface area contributed by atoms with Crippen molar-refractivity contribution in [2.24, 2.45) is 0 Å². The van der Waals surface area contributed by atoms with Gasteiger partial charge in [-0.1, -0.05) is 15.9 Å². The van der Waals surface area contributed by atoms with Gasteiger partial charge in [0, 0.05) is 10.5 Å². The van der Waals surface area contributed by atoms with Crippen LogP contribution >= 0.6 is 15.9 Å². The first-order valence-corrected chi connectivity index (χ1v) is 7.85. The van der Waals surface area contributed by atoms with Gasteiger partial charge in [-0.25, -0.2) is 0 Å². The molecule has 7 nitrogen and oxygen atoms in total. The molecular weight excluding hydrogens is 368 g/mol. The molecule has 0 radical (unpaired) electrons. The molecule has 0 atom stereocenters. The van der Waals surface area contributed by atoms with Crippen LogP contribution in [0.2, 0.25) is 0 Å². The van der Waals surface area contributed by atoms with E-state index >= 15 is 0 Å². The van der Waals surface area contributed by atoms with Gasteiger partial charge in [0.2, 0.25) is 5.91 Å². The number of carboxylic acid groups (broad SMARTS) is 1. The van der Waals surface area contributed by atoms with Crippen LogP contribution in [-0.2, 0) is 9.59 Å². The highest BCUT2D eigenvalue weighted by molar-refractivity contribution is 9.10. The van der Waals surface area contributed by atoms with Gasteiger partial charge < -0.3 is 10.0 Å². The zero-order valence-corrected chi connectivity index (χ0v) is 13.6. The van der Waals surface area contributed by atoms with E-state index in [1.807, 2.05) is 0 Å². The van der Waals surface area contributed by atoms with E-state index in [9.17, 15) is 19.2 Å². The van der Waals surface area contributed by atoms with Gasteiger partial charge in [0.05, 0.1) is 11.1 Å². The second-order valence-corrected chi connectivity index (χ2v) is 6.45. The van der Waals surface area contributed by atoms with E-state index in [4.69, 9.17) is 5.11 Å². The van der Waals surface area contributed by atoms with Gasteiger partial charge in [-0.3, -0.25) is 24.1 Å². The minimum absolute atomic E-state index is 0.108. The zero-order chi connectivity index (χ0) is 16.7. The SMILES string of the molecule is O=C(O)CN(C(=O)CN1C(=O)c2ccc(Br)cc2C1=O)C1CC1. The normalized spacial score (nSPS) is 16.5. The molecule has 2 aliphatic rings. The fraction of sp³-hybridized carbons (Fsp3) is 0.333. The zero-order valence-electron chi connectivity index (χ0n) is 12.0. The smallest absolute Gasteiger partial charge is 0.323 e. The fourth-order valence-electron chi connectivity index (χ4n) is 2.59. The van der Waals surface area contributed by atoms with Crippen LogP contribution in [0.3, 0.4) is 0 Å². The van der Waals surface area contributed by atoms with Gasteiger partial charge in [-0.2, -0.15) is 0 Å². The van der Waals surface area contributed by atoms with E-state index in [1.54, 1.807) is 6.07 Å². The standard InChI is InChI=1S/C15H13BrN2O5/c16-8-1-4-10-11(5-8)15(23)18(14(10)22)6-12(19)17(7-13(20)21)9-2-3-9/h1,4-5,9H,2-3,6-7H2,(H,20,21). The third-order valence-electron chi connectivity index (χ3n) is 3.84. The number of benzene rings is 1. The van der Waals surface area contributed by atoms with E-state index in [-0.39, 0.29) is 17.2 Å². The molecule has 1 saturated carbocycles. The Morgan fingerprint density at radius 3 is 2.48 bits per heavy atom. The summed E-state index contributed by atoms with van der Waals surface area (Å²) in [6.45, 7) is -0.855. The number of nitrogens with zero attached hydrogens (tertiary/aromatic N) is 2. The number of hydrogen-bond acceptors (Lipinski definition) is 4. The molecule has 0 spiro atoms. The van der Waals surface area contributed by atoms with Crippen LogP contribution in [0.4, 0.5) is 0 Å². The molecule has 0 bridgehead atoms. The summed E-state index contributed by atoms with van der Waals surface area (Å²) in [6, 6.07) is 4.61. The molecule has 3 rings (SSSR count). The van der Waals surface area contributed by atoms with Crippen LogP contribution in [0, 0.1) is 0 Å². The Morgan fingerprint density at radius 2 is 1.87 bits per heavy atom. The van der Waals surface area contributed by atoms with E-state index in [0.29, 0.717) is 4.47 Å². The Hall–Kier alpha value is -2.22. The number of carbonyl (C=O) groups is 4. The van der Waals surface area contributed by atoms with E-state index in [1.165, 1.54) is 17.0 Å². The molecule has 1 aliphatic heterocycles. The van der Waals surface area contributed by atoms with Crippen LogP contribution in [0.25, 0.3) is 0 Å². The molecule has 0 aromatic heterocycles. The summed E-state index contributed by atoms with van der Waals surface area (Å²) in [5.41, 5.74) is 0.496. The Morgan fingerprint density at radius 1 is 1.22 bits per heavy atom. The molecule has 1 aromatic rings. The number of aliphatic carboxylic acids is 1. The van der Waals surface area contributed by atoms with Gasteiger partial charge in [-0.15, -0.1) is 0 Å². The van der Waals surface area contributed by atoms with Crippen molar-refractivity contribution < 1.29 is 24.3 Å². The highest BCUT2D eigenvalue weighted by atomic mass is 79.9. The molecule has 0 saturated heterocycles. The lowest BCUT2D eigenvalue weighted by Gasteiger charge is -2.23. The topological polar surface area (TPSA) is 95.0 Å². The molecule has 23 heavy (non-hydrogen) atoms. The molecular formula is C15H13BrN2O5. The molecule has 0 unspecified atom stereocenters. The van der Waals surface area contributed by atoms with Crippen LogP contribution in [0.15, 0.2) is 22.7 Å². The maximum atomic E-state index is 12.3. The summed E-state index contributed by atoms with van der Waals surface area (Å²) >= 11 is 3.24. The predicted molar refractivity (Wildman–Crippen MR) is 81.9 cm³/mol. The number of amides is 3. The number of carbonyl (C=O) groups excluding carboxylic acids is 3. The third kappa shape index (κ3) is 2.98. The Kier molecular flexibility index (Phi) is 3.93. The number of carboxylic acids is 1. The van der Waals surface area contributed by atoms with Crippen LogP contribution in [0.1, 0.15) is 33.6 Å². The predicted octanol–water partition coefficient (Wildman–Crippen LogP) is 1.12. The first-order chi connectivity index (χ1) is 10.9. The summed E-state index contributed by atoms with van der Waals surface area (Å²) in [5, 5.41) is 8.90. The third-order valence-corrected chi connectivity index (χ3v) is 4.33. The van der Waals surface area contributed by atoms with E-state index in [0.717, 1.165) is 17.7 Å². The summed E-state index contributed by atoms with van der Waals surface area (Å²) in [7, 11) is 0. The van der Waals surface area contributed by atoms with Crippen molar-refractivity contribution in [2.45, 2.75) is 18.9 Å². The first kappa shape index (κ1) is 15.7. The summed E-state index contributed by atoms with van der Waals surface area (Å²) in [6.07, 6.45) is 1.49. The van der Waals surface area contributed by atoms with E-state index in [2.05, 4.69) is 15.9 Å². The molecule has 8 heteroatoms. The first-order valence-electron chi connectivity index (χ1n) is 7.05. The Balaban J connectivity index is 1.78. The quantitative estimate of drug-likeness (QED) is 0.772. The van der Waals surface area contributed by atoms with E-state index < -0.39 is 36.8 Å². The van der Waals surface area contributed by atoms with Gasteiger partial charge >= 0.3 is 5.97 Å². The second-order valence-electron chi connectivity index (χ2n) is 5.53. The fourth-order valence-corrected chi connectivity index (χ4v) is 2.95. The maximum Gasteiger partial charge on any atom is 0.323 e. The monoisotopic (exact) mass is 380 g/mol. The molecule has 120 valence electrons.